The quantitative estimate of drug-likeness (QED) is 0.735. The van der Waals surface area contributed by atoms with Gasteiger partial charge >= 0.3 is 5.97 Å². The molecule has 2 rings (SSSR count). The molecule has 0 radical (unpaired) electrons. The number of esters is 1. The van der Waals surface area contributed by atoms with Crippen molar-refractivity contribution in [2.24, 2.45) is 11.1 Å². The number of hydrogen-bond donors (Lipinski definition) is 1. The standard InChI is InChI=1S/C13H22N2O3/c1-13(7-3-6-10(13)14)12(17)15-8-4-5-9(15)11(16)18-2/h9-10H,3-8,14H2,1-2H3. The van der Waals surface area contributed by atoms with Gasteiger partial charge in [-0.25, -0.2) is 4.79 Å². The Kier molecular flexibility index (Phi) is 3.61. The molecule has 2 aliphatic rings. The van der Waals surface area contributed by atoms with E-state index in [0.717, 1.165) is 25.7 Å². The molecule has 102 valence electrons. The fourth-order valence-electron chi connectivity index (χ4n) is 3.18. The lowest BCUT2D eigenvalue weighted by molar-refractivity contribution is -0.155. The summed E-state index contributed by atoms with van der Waals surface area (Å²) in [5, 5.41) is 0. The van der Waals surface area contributed by atoms with Crippen LogP contribution >= 0.6 is 0 Å². The third kappa shape index (κ3) is 2.00. The summed E-state index contributed by atoms with van der Waals surface area (Å²) in [5.41, 5.74) is 5.57. The first-order valence-electron chi connectivity index (χ1n) is 6.65. The molecule has 5 nitrogen and oxygen atoms in total. The summed E-state index contributed by atoms with van der Waals surface area (Å²) >= 11 is 0. The molecule has 2 fully saturated rings. The summed E-state index contributed by atoms with van der Waals surface area (Å²) in [4.78, 5) is 26.0. The van der Waals surface area contributed by atoms with Crippen LogP contribution in [0, 0.1) is 5.41 Å². The molecular weight excluding hydrogens is 232 g/mol. The van der Waals surface area contributed by atoms with Crippen LogP contribution in [0.4, 0.5) is 0 Å². The average Bonchev–Trinajstić information content (AvgIpc) is 2.96. The van der Waals surface area contributed by atoms with Crippen molar-refractivity contribution in [1.29, 1.82) is 0 Å². The molecule has 5 heteroatoms. The van der Waals surface area contributed by atoms with Crippen molar-refractivity contribution in [2.75, 3.05) is 13.7 Å². The highest BCUT2D eigenvalue weighted by Gasteiger charge is 2.48. The number of nitrogens with two attached hydrogens (primary N) is 1. The van der Waals surface area contributed by atoms with Gasteiger partial charge < -0.3 is 15.4 Å². The van der Waals surface area contributed by atoms with Crippen LogP contribution in [0.15, 0.2) is 0 Å². The monoisotopic (exact) mass is 254 g/mol. The highest BCUT2D eigenvalue weighted by molar-refractivity contribution is 5.89. The molecule has 1 saturated heterocycles. The molecule has 0 aromatic rings. The largest absolute Gasteiger partial charge is 0.467 e. The summed E-state index contributed by atoms with van der Waals surface area (Å²) in [5.74, 6) is -0.281. The summed E-state index contributed by atoms with van der Waals surface area (Å²) in [7, 11) is 1.37. The smallest absolute Gasteiger partial charge is 0.328 e. The van der Waals surface area contributed by atoms with Crippen LogP contribution < -0.4 is 5.73 Å². The van der Waals surface area contributed by atoms with Crippen LogP contribution in [0.25, 0.3) is 0 Å². The van der Waals surface area contributed by atoms with Gasteiger partial charge in [-0.1, -0.05) is 6.42 Å². The van der Waals surface area contributed by atoms with Crippen molar-refractivity contribution in [3.8, 4) is 0 Å². The van der Waals surface area contributed by atoms with Crippen molar-refractivity contribution in [3.05, 3.63) is 0 Å². The van der Waals surface area contributed by atoms with E-state index in [1.165, 1.54) is 7.11 Å². The highest BCUT2D eigenvalue weighted by Crippen LogP contribution is 2.40. The number of rotatable bonds is 2. The van der Waals surface area contributed by atoms with Gasteiger partial charge in [0.25, 0.3) is 0 Å². The van der Waals surface area contributed by atoms with Gasteiger partial charge in [-0.05, 0) is 32.6 Å². The SMILES string of the molecule is COC(=O)C1CCCN1C(=O)C1(C)CCCC1N. The zero-order valence-electron chi connectivity index (χ0n) is 11.1. The number of carbonyl (C=O) groups excluding carboxylic acids is 2. The van der Waals surface area contributed by atoms with Gasteiger partial charge in [0.15, 0.2) is 0 Å². The Morgan fingerprint density at radius 1 is 1.33 bits per heavy atom. The van der Waals surface area contributed by atoms with E-state index < -0.39 is 11.5 Å². The van der Waals surface area contributed by atoms with Crippen LogP contribution in [0.1, 0.15) is 39.0 Å². The van der Waals surface area contributed by atoms with Crippen LogP contribution in [0.3, 0.4) is 0 Å². The normalized spacial score (nSPS) is 35.8. The Balaban J connectivity index is 2.15. The van der Waals surface area contributed by atoms with Gasteiger partial charge in [0.1, 0.15) is 6.04 Å². The van der Waals surface area contributed by atoms with Crippen molar-refractivity contribution in [1.82, 2.24) is 4.90 Å². The van der Waals surface area contributed by atoms with E-state index in [2.05, 4.69) is 0 Å². The number of nitrogens with zero attached hydrogens (tertiary/aromatic N) is 1. The van der Waals surface area contributed by atoms with E-state index in [4.69, 9.17) is 10.5 Å². The molecule has 1 aliphatic heterocycles. The second-order valence-corrected chi connectivity index (χ2v) is 5.60. The summed E-state index contributed by atoms with van der Waals surface area (Å²) < 4.78 is 4.77. The Labute approximate surface area is 108 Å². The number of carbonyl (C=O) groups is 2. The summed E-state index contributed by atoms with van der Waals surface area (Å²) in [6.45, 7) is 2.57. The van der Waals surface area contributed by atoms with E-state index in [9.17, 15) is 9.59 Å². The second kappa shape index (κ2) is 4.88. The number of methoxy groups -OCH3 is 1. The molecule has 3 atom stereocenters. The number of ether oxygens (including phenoxy) is 1. The first-order valence-corrected chi connectivity index (χ1v) is 6.65. The highest BCUT2D eigenvalue weighted by atomic mass is 16.5. The maximum absolute atomic E-state index is 12.6. The summed E-state index contributed by atoms with van der Waals surface area (Å²) in [6.07, 6.45) is 4.25. The van der Waals surface area contributed by atoms with Crippen molar-refractivity contribution < 1.29 is 14.3 Å². The first kappa shape index (κ1) is 13.3. The van der Waals surface area contributed by atoms with E-state index in [1.54, 1.807) is 4.90 Å². The molecule has 0 aromatic carbocycles. The zero-order chi connectivity index (χ0) is 13.3. The fourth-order valence-corrected chi connectivity index (χ4v) is 3.18. The molecule has 3 unspecified atom stereocenters. The molecule has 1 amide bonds. The van der Waals surface area contributed by atoms with Gasteiger partial charge in [-0.3, -0.25) is 4.79 Å². The van der Waals surface area contributed by atoms with E-state index in [1.807, 2.05) is 6.92 Å². The third-order valence-electron chi connectivity index (χ3n) is 4.51. The Morgan fingerprint density at radius 2 is 2.06 bits per heavy atom. The molecule has 0 bridgehead atoms. The van der Waals surface area contributed by atoms with Crippen LogP contribution in [-0.4, -0.2) is 42.5 Å². The van der Waals surface area contributed by atoms with E-state index in [-0.39, 0.29) is 17.9 Å². The van der Waals surface area contributed by atoms with Gasteiger partial charge in [0.2, 0.25) is 5.91 Å². The lowest BCUT2D eigenvalue weighted by Gasteiger charge is -2.34. The molecule has 18 heavy (non-hydrogen) atoms. The Bertz CT molecular complexity index is 358. The van der Waals surface area contributed by atoms with Crippen molar-refractivity contribution in [3.63, 3.8) is 0 Å². The topological polar surface area (TPSA) is 72.6 Å². The van der Waals surface area contributed by atoms with Gasteiger partial charge in [-0.2, -0.15) is 0 Å². The predicted octanol–water partition coefficient (Wildman–Crippen LogP) is 0.668. The zero-order valence-corrected chi connectivity index (χ0v) is 11.1. The molecular formula is C13H22N2O3. The Morgan fingerprint density at radius 3 is 2.61 bits per heavy atom. The van der Waals surface area contributed by atoms with E-state index >= 15 is 0 Å². The number of likely N-dealkylation sites (tertiary alicyclic amines) is 1. The minimum Gasteiger partial charge on any atom is -0.467 e. The molecule has 1 heterocycles. The lowest BCUT2D eigenvalue weighted by atomic mass is 9.83. The fraction of sp³-hybridized carbons (Fsp3) is 0.846. The Hall–Kier alpha value is -1.10. The van der Waals surface area contributed by atoms with Gasteiger partial charge in [0, 0.05) is 12.6 Å². The van der Waals surface area contributed by atoms with Gasteiger partial charge in [0.05, 0.1) is 12.5 Å². The first-order chi connectivity index (χ1) is 8.50. The van der Waals surface area contributed by atoms with E-state index in [0.29, 0.717) is 13.0 Å². The minimum atomic E-state index is -0.503. The molecule has 0 spiro atoms. The van der Waals surface area contributed by atoms with Crippen LogP contribution in [0.5, 0.6) is 0 Å². The predicted molar refractivity (Wildman–Crippen MR) is 66.7 cm³/mol. The van der Waals surface area contributed by atoms with Crippen molar-refractivity contribution in [2.45, 2.75) is 51.1 Å². The summed E-state index contributed by atoms with van der Waals surface area (Å²) in [6, 6.07) is -0.504. The third-order valence-corrected chi connectivity index (χ3v) is 4.51. The maximum atomic E-state index is 12.6. The lowest BCUT2D eigenvalue weighted by Crippen LogP contribution is -2.52. The number of hydrogen-bond acceptors (Lipinski definition) is 4. The van der Waals surface area contributed by atoms with Gasteiger partial charge in [-0.15, -0.1) is 0 Å². The number of amides is 1. The molecule has 1 aliphatic carbocycles. The molecule has 0 aromatic heterocycles. The minimum absolute atomic E-state index is 0.0281. The molecule has 1 saturated carbocycles. The van der Waals surface area contributed by atoms with Crippen molar-refractivity contribution >= 4 is 11.9 Å². The average molecular weight is 254 g/mol. The maximum Gasteiger partial charge on any atom is 0.328 e. The second-order valence-electron chi connectivity index (χ2n) is 5.60. The molecule has 2 N–H and O–H groups in total. The van der Waals surface area contributed by atoms with Crippen LogP contribution in [0.2, 0.25) is 0 Å². The van der Waals surface area contributed by atoms with Crippen LogP contribution in [-0.2, 0) is 14.3 Å².